The molecule has 6 heteroatoms. The zero-order chi connectivity index (χ0) is 10.8. The first-order valence-corrected chi connectivity index (χ1v) is 4.88. The van der Waals surface area contributed by atoms with Gasteiger partial charge in [-0.05, 0) is 20.8 Å². The summed E-state index contributed by atoms with van der Waals surface area (Å²) < 4.78 is 5.14. The summed E-state index contributed by atoms with van der Waals surface area (Å²) >= 11 is 1.16. The Balaban J connectivity index is 2.63. The summed E-state index contributed by atoms with van der Waals surface area (Å²) in [5, 5.41) is 7.69. The Morgan fingerprint density at radius 1 is 1.57 bits per heavy atom. The molecular weight excluding hydrogens is 202 g/mol. The largest absolute Gasteiger partial charge is 0.443 e. The number of aromatic nitrogens is 2. The molecule has 77 valence electrons. The van der Waals surface area contributed by atoms with Gasteiger partial charge in [-0.2, -0.15) is 0 Å². The lowest BCUT2D eigenvalue weighted by Crippen LogP contribution is -2.34. The average molecular weight is 214 g/mol. The average Bonchev–Trinajstić information content (AvgIpc) is 2.51. The van der Waals surface area contributed by atoms with Crippen molar-refractivity contribution in [2.75, 3.05) is 11.9 Å². The van der Waals surface area contributed by atoms with Crippen LogP contribution in [-0.4, -0.2) is 28.9 Å². The third-order valence-electron chi connectivity index (χ3n) is 1.27. The molecule has 0 N–H and O–H groups in total. The van der Waals surface area contributed by atoms with E-state index in [-0.39, 0.29) is 0 Å². The van der Waals surface area contributed by atoms with Gasteiger partial charge in [0.2, 0.25) is 5.13 Å². The fraction of sp³-hybridized carbons (Fsp3) is 0.625. The maximum atomic E-state index is 11.5. The molecule has 0 aliphatic heterocycles. The quantitative estimate of drug-likeness (QED) is 0.714. The van der Waals surface area contributed by atoms with Gasteiger partial charge in [-0.3, -0.25) is 4.90 Å². The Hall–Kier alpha value is -1.17. The molecule has 0 aromatic carbocycles. The van der Waals surface area contributed by atoms with Crippen molar-refractivity contribution in [2.24, 2.45) is 0 Å². The molecule has 1 heterocycles. The molecule has 0 atom stereocenters. The van der Waals surface area contributed by atoms with Crippen LogP contribution < -0.4 is 4.90 Å². The van der Waals surface area contributed by atoms with E-state index in [4.69, 9.17) is 4.74 Å². The second kappa shape index (κ2) is 3.91. The van der Waals surface area contributed by atoms with Crippen LogP contribution in [0, 0.1) is 5.51 Å². The van der Waals surface area contributed by atoms with Crippen LogP contribution >= 0.6 is 11.3 Å². The molecule has 5 nitrogen and oxygen atoms in total. The summed E-state index contributed by atoms with van der Waals surface area (Å²) in [7, 11) is 1.59. The Morgan fingerprint density at radius 3 is 2.64 bits per heavy atom. The zero-order valence-electron chi connectivity index (χ0n) is 8.57. The lowest BCUT2D eigenvalue weighted by atomic mass is 10.2. The van der Waals surface area contributed by atoms with Gasteiger partial charge >= 0.3 is 6.09 Å². The Kier molecular flexibility index (Phi) is 3.05. The fourth-order valence-corrected chi connectivity index (χ4v) is 1.15. The first-order chi connectivity index (χ1) is 6.40. The molecule has 0 bridgehead atoms. The number of hydrogen-bond acceptors (Lipinski definition) is 5. The van der Waals surface area contributed by atoms with Crippen molar-refractivity contribution in [1.29, 1.82) is 0 Å². The summed E-state index contributed by atoms with van der Waals surface area (Å²) in [5.41, 5.74) is 2.06. The van der Waals surface area contributed by atoms with Crippen LogP contribution in [0.3, 0.4) is 0 Å². The molecule has 1 rings (SSSR count). The van der Waals surface area contributed by atoms with Gasteiger partial charge in [0, 0.05) is 7.05 Å². The van der Waals surface area contributed by atoms with E-state index in [1.807, 2.05) is 20.8 Å². The predicted octanol–water partition coefficient (Wildman–Crippen LogP) is 1.71. The Labute approximate surface area is 86.7 Å². The van der Waals surface area contributed by atoms with E-state index in [9.17, 15) is 4.79 Å². The van der Waals surface area contributed by atoms with Crippen LogP contribution in [0.15, 0.2) is 0 Å². The van der Waals surface area contributed by atoms with Gasteiger partial charge < -0.3 is 4.74 Å². The lowest BCUT2D eigenvalue weighted by Gasteiger charge is -2.22. The van der Waals surface area contributed by atoms with Crippen LogP contribution in [0.25, 0.3) is 0 Å². The molecule has 0 aliphatic rings. The van der Waals surface area contributed by atoms with Crippen molar-refractivity contribution >= 4 is 22.6 Å². The summed E-state index contributed by atoms with van der Waals surface area (Å²) in [6.45, 7) is 5.43. The summed E-state index contributed by atoms with van der Waals surface area (Å²) in [5.74, 6) is 0. The second-order valence-electron chi connectivity index (χ2n) is 3.72. The number of anilines is 1. The monoisotopic (exact) mass is 214 g/mol. The molecule has 1 radical (unpaired) electrons. The summed E-state index contributed by atoms with van der Waals surface area (Å²) in [6.07, 6.45) is -0.442. The maximum absolute atomic E-state index is 11.5. The van der Waals surface area contributed by atoms with Gasteiger partial charge in [-0.15, -0.1) is 10.2 Å². The zero-order valence-corrected chi connectivity index (χ0v) is 9.38. The second-order valence-corrected chi connectivity index (χ2v) is 4.47. The maximum Gasteiger partial charge on any atom is 0.416 e. The highest BCUT2D eigenvalue weighted by Gasteiger charge is 2.21. The molecule has 0 unspecified atom stereocenters. The molecule has 14 heavy (non-hydrogen) atoms. The predicted molar refractivity (Wildman–Crippen MR) is 53.4 cm³/mol. The Bertz CT molecular complexity index is 305. The molecule has 1 aromatic heterocycles. The number of ether oxygens (including phenoxy) is 1. The smallest absolute Gasteiger partial charge is 0.416 e. The third kappa shape index (κ3) is 2.95. The number of nitrogens with zero attached hydrogens (tertiary/aromatic N) is 3. The van der Waals surface area contributed by atoms with E-state index in [0.29, 0.717) is 5.13 Å². The molecule has 0 saturated carbocycles. The number of carbonyl (C=O) groups excluding carboxylic acids is 1. The van der Waals surface area contributed by atoms with Gasteiger partial charge in [0.25, 0.3) is 0 Å². The van der Waals surface area contributed by atoms with Crippen molar-refractivity contribution in [3.8, 4) is 0 Å². The van der Waals surface area contributed by atoms with Crippen molar-refractivity contribution in [3.05, 3.63) is 5.51 Å². The summed E-state index contributed by atoms with van der Waals surface area (Å²) in [4.78, 5) is 12.8. The lowest BCUT2D eigenvalue weighted by molar-refractivity contribution is 0.0589. The van der Waals surface area contributed by atoms with Crippen molar-refractivity contribution < 1.29 is 9.53 Å². The van der Waals surface area contributed by atoms with Crippen molar-refractivity contribution in [3.63, 3.8) is 0 Å². The van der Waals surface area contributed by atoms with Gasteiger partial charge in [0.15, 0.2) is 5.51 Å². The third-order valence-corrected chi connectivity index (χ3v) is 1.98. The highest BCUT2D eigenvalue weighted by Crippen LogP contribution is 2.16. The molecule has 0 saturated heterocycles. The van der Waals surface area contributed by atoms with E-state index < -0.39 is 11.7 Å². The molecule has 0 fully saturated rings. The molecule has 1 amide bonds. The van der Waals surface area contributed by atoms with Gasteiger partial charge in [-0.1, -0.05) is 11.3 Å². The Morgan fingerprint density at radius 2 is 2.21 bits per heavy atom. The number of carbonyl (C=O) groups is 1. The molecule has 0 aliphatic carbocycles. The minimum Gasteiger partial charge on any atom is -0.443 e. The first-order valence-electron chi connectivity index (χ1n) is 4.06. The van der Waals surface area contributed by atoms with Crippen LogP contribution in [0.5, 0.6) is 0 Å². The highest BCUT2D eigenvalue weighted by molar-refractivity contribution is 7.13. The van der Waals surface area contributed by atoms with E-state index in [0.717, 1.165) is 11.3 Å². The molecular formula is C8H12N3O2S. The normalized spacial score (nSPS) is 11.1. The van der Waals surface area contributed by atoms with E-state index in [1.54, 1.807) is 7.05 Å². The fourth-order valence-electron chi connectivity index (χ4n) is 0.689. The standard InChI is InChI=1S/C8H12N3O2S/c1-8(2,3)13-7(12)11(4)6-10-9-5-14-6/h1-4H3. The van der Waals surface area contributed by atoms with Crippen LogP contribution in [0.1, 0.15) is 20.8 Å². The van der Waals surface area contributed by atoms with Gasteiger partial charge in [-0.25, -0.2) is 4.79 Å². The van der Waals surface area contributed by atoms with E-state index in [1.165, 1.54) is 4.90 Å². The minimum atomic E-state index is -0.500. The topological polar surface area (TPSA) is 55.3 Å². The highest BCUT2D eigenvalue weighted by atomic mass is 32.1. The minimum absolute atomic E-state index is 0.442. The van der Waals surface area contributed by atoms with E-state index >= 15 is 0 Å². The molecule has 0 spiro atoms. The van der Waals surface area contributed by atoms with Crippen LogP contribution in [0.2, 0.25) is 0 Å². The SMILES string of the molecule is CN(C(=O)OC(C)(C)C)c1nn[c]s1. The number of amides is 1. The van der Waals surface area contributed by atoms with Crippen LogP contribution in [-0.2, 0) is 4.74 Å². The number of rotatable bonds is 1. The van der Waals surface area contributed by atoms with Crippen molar-refractivity contribution in [1.82, 2.24) is 10.2 Å². The van der Waals surface area contributed by atoms with Gasteiger partial charge in [0.05, 0.1) is 0 Å². The van der Waals surface area contributed by atoms with Crippen molar-refractivity contribution in [2.45, 2.75) is 26.4 Å². The van der Waals surface area contributed by atoms with Gasteiger partial charge in [0.1, 0.15) is 5.60 Å². The summed E-state index contributed by atoms with van der Waals surface area (Å²) in [6, 6.07) is 0. The van der Waals surface area contributed by atoms with E-state index in [2.05, 4.69) is 15.7 Å². The number of hydrogen-bond donors (Lipinski definition) is 0. The molecule has 1 aromatic rings. The first kappa shape index (κ1) is 10.9. The van der Waals surface area contributed by atoms with Crippen LogP contribution in [0.4, 0.5) is 9.93 Å².